The quantitative estimate of drug-likeness (QED) is 0.490. The Labute approximate surface area is 160 Å². The largest absolute Gasteiger partial charge is 0.484 e. The number of ether oxygens (including phenoxy) is 1. The van der Waals surface area contributed by atoms with Gasteiger partial charge in [-0.15, -0.1) is 0 Å². The Kier molecular flexibility index (Phi) is 5.86. The SMILES string of the molecule is Cc1cc(/C=N\NC(=O)COc2ccc(Br)cc2)cn1-c1ccccc1. The van der Waals surface area contributed by atoms with Gasteiger partial charge >= 0.3 is 0 Å². The second-order valence-corrected chi connectivity index (χ2v) is 6.57. The topological polar surface area (TPSA) is 55.6 Å². The molecule has 3 aromatic rings. The van der Waals surface area contributed by atoms with Crippen molar-refractivity contribution in [2.24, 2.45) is 5.10 Å². The number of hydrogen-bond acceptors (Lipinski definition) is 3. The predicted molar refractivity (Wildman–Crippen MR) is 106 cm³/mol. The maximum atomic E-state index is 11.8. The van der Waals surface area contributed by atoms with Crippen LogP contribution in [0, 0.1) is 6.92 Å². The van der Waals surface area contributed by atoms with Gasteiger partial charge in [0.1, 0.15) is 5.75 Å². The number of amides is 1. The first-order valence-corrected chi connectivity index (χ1v) is 8.86. The molecule has 2 aromatic carbocycles. The molecule has 0 unspecified atom stereocenters. The van der Waals surface area contributed by atoms with Gasteiger partial charge in [0, 0.05) is 27.6 Å². The normalized spacial score (nSPS) is 10.8. The van der Waals surface area contributed by atoms with Gasteiger partial charge in [-0.25, -0.2) is 5.43 Å². The predicted octanol–water partition coefficient (Wildman–Crippen LogP) is 4.08. The van der Waals surface area contributed by atoms with Crippen molar-refractivity contribution < 1.29 is 9.53 Å². The minimum Gasteiger partial charge on any atom is -0.484 e. The third-order valence-electron chi connectivity index (χ3n) is 3.65. The van der Waals surface area contributed by atoms with Crippen LogP contribution < -0.4 is 10.2 Å². The van der Waals surface area contributed by atoms with E-state index in [1.165, 1.54) is 0 Å². The van der Waals surface area contributed by atoms with Crippen LogP contribution in [-0.2, 0) is 4.79 Å². The average Bonchev–Trinajstić information content (AvgIpc) is 3.02. The molecule has 0 spiro atoms. The van der Waals surface area contributed by atoms with Crippen molar-refractivity contribution in [1.29, 1.82) is 0 Å². The number of carbonyl (C=O) groups is 1. The van der Waals surface area contributed by atoms with E-state index in [2.05, 4.69) is 31.0 Å². The summed E-state index contributed by atoms with van der Waals surface area (Å²) in [4.78, 5) is 11.8. The molecular weight excluding hydrogens is 394 g/mol. The van der Waals surface area contributed by atoms with E-state index in [1.54, 1.807) is 18.3 Å². The van der Waals surface area contributed by atoms with E-state index in [-0.39, 0.29) is 12.5 Å². The van der Waals surface area contributed by atoms with Crippen molar-refractivity contribution in [3.63, 3.8) is 0 Å². The first kappa shape index (κ1) is 17.9. The van der Waals surface area contributed by atoms with Gasteiger partial charge in [0.05, 0.1) is 6.21 Å². The summed E-state index contributed by atoms with van der Waals surface area (Å²) in [5.74, 6) is 0.311. The zero-order valence-corrected chi connectivity index (χ0v) is 15.8. The summed E-state index contributed by atoms with van der Waals surface area (Å²) in [6.07, 6.45) is 3.59. The molecule has 0 bridgehead atoms. The molecule has 5 nitrogen and oxygen atoms in total. The van der Waals surface area contributed by atoms with Crippen LogP contribution in [0.5, 0.6) is 5.75 Å². The van der Waals surface area contributed by atoms with Crippen LogP contribution in [0.1, 0.15) is 11.3 Å². The van der Waals surface area contributed by atoms with Crippen molar-refractivity contribution in [2.75, 3.05) is 6.61 Å². The highest BCUT2D eigenvalue weighted by Crippen LogP contribution is 2.16. The van der Waals surface area contributed by atoms with Gasteiger partial charge in [0.25, 0.3) is 5.91 Å². The molecule has 0 radical (unpaired) electrons. The van der Waals surface area contributed by atoms with Crippen LogP contribution in [0.15, 0.2) is 76.4 Å². The number of nitrogens with zero attached hydrogens (tertiary/aromatic N) is 2. The highest BCUT2D eigenvalue weighted by molar-refractivity contribution is 9.10. The first-order chi connectivity index (χ1) is 12.6. The summed E-state index contributed by atoms with van der Waals surface area (Å²) >= 11 is 3.35. The Hall–Kier alpha value is -2.86. The number of halogens is 1. The Morgan fingerprint density at radius 3 is 2.65 bits per heavy atom. The molecule has 26 heavy (non-hydrogen) atoms. The molecule has 1 heterocycles. The van der Waals surface area contributed by atoms with Crippen molar-refractivity contribution in [2.45, 2.75) is 6.92 Å². The van der Waals surface area contributed by atoms with Crippen molar-refractivity contribution in [3.8, 4) is 11.4 Å². The first-order valence-electron chi connectivity index (χ1n) is 8.06. The number of carbonyl (C=O) groups excluding carboxylic acids is 1. The smallest absolute Gasteiger partial charge is 0.277 e. The van der Waals surface area contributed by atoms with Gasteiger partial charge in [0.2, 0.25) is 0 Å². The molecule has 0 aliphatic rings. The number of aromatic nitrogens is 1. The number of hydrogen-bond donors (Lipinski definition) is 1. The lowest BCUT2D eigenvalue weighted by Crippen LogP contribution is -2.24. The van der Waals surface area contributed by atoms with Gasteiger partial charge in [-0.05, 0) is 49.4 Å². The number of aryl methyl sites for hydroxylation is 1. The minimum atomic E-state index is -0.316. The summed E-state index contributed by atoms with van der Waals surface area (Å²) < 4.78 is 8.42. The number of benzene rings is 2. The second kappa shape index (κ2) is 8.49. The second-order valence-electron chi connectivity index (χ2n) is 5.66. The summed E-state index contributed by atoms with van der Waals surface area (Å²) in [5.41, 5.74) is 5.54. The van der Waals surface area contributed by atoms with Crippen molar-refractivity contribution in [3.05, 3.63) is 82.6 Å². The van der Waals surface area contributed by atoms with E-state index in [0.29, 0.717) is 5.75 Å². The van der Waals surface area contributed by atoms with E-state index in [1.807, 2.05) is 61.7 Å². The van der Waals surface area contributed by atoms with Crippen LogP contribution in [-0.4, -0.2) is 23.3 Å². The van der Waals surface area contributed by atoms with E-state index in [4.69, 9.17) is 4.74 Å². The monoisotopic (exact) mass is 411 g/mol. The fraction of sp³-hybridized carbons (Fsp3) is 0.100. The summed E-state index contributed by atoms with van der Waals surface area (Å²) in [7, 11) is 0. The maximum Gasteiger partial charge on any atom is 0.277 e. The number of hydrazone groups is 1. The third-order valence-corrected chi connectivity index (χ3v) is 4.18. The molecule has 0 saturated heterocycles. The molecule has 0 fully saturated rings. The zero-order chi connectivity index (χ0) is 18.4. The fourth-order valence-corrected chi connectivity index (χ4v) is 2.69. The van der Waals surface area contributed by atoms with Crippen LogP contribution >= 0.6 is 15.9 Å². The van der Waals surface area contributed by atoms with Crippen LogP contribution in [0.4, 0.5) is 0 Å². The standard InChI is InChI=1S/C20H18BrN3O2/c1-15-11-16(13-24(15)18-5-3-2-4-6-18)12-22-23-20(25)14-26-19-9-7-17(21)8-10-19/h2-13H,14H2,1H3,(H,23,25)/b22-12-. The van der Waals surface area contributed by atoms with Gasteiger partial charge in [-0.1, -0.05) is 34.1 Å². The number of nitrogens with one attached hydrogen (secondary N) is 1. The van der Waals surface area contributed by atoms with E-state index in [0.717, 1.165) is 21.4 Å². The molecule has 132 valence electrons. The molecule has 0 atom stereocenters. The van der Waals surface area contributed by atoms with E-state index >= 15 is 0 Å². The molecule has 3 rings (SSSR count). The maximum absolute atomic E-state index is 11.8. The van der Waals surface area contributed by atoms with Gasteiger partial charge in [-0.2, -0.15) is 5.10 Å². The molecule has 1 amide bonds. The van der Waals surface area contributed by atoms with Crippen LogP contribution in [0.3, 0.4) is 0 Å². The highest BCUT2D eigenvalue weighted by Gasteiger charge is 2.04. The molecule has 0 aliphatic carbocycles. The Morgan fingerprint density at radius 2 is 1.92 bits per heavy atom. The fourth-order valence-electron chi connectivity index (χ4n) is 2.43. The Morgan fingerprint density at radius 1 is 1.19 bits per heavy atom. The Balaban J connectivity index is 1.53. The summed E-state index contributed by atoms with van der Waals surface area (Å²) in [6.45, 7) is 1.93. The lowest BCUT2D eigenvalue weighted by molar-refractivity contribution is -0.123. The van der Waals surface area contributed by atoms with Crippen LogP contribution in [0.25, 0.3) is 5.69 Å². The Bertz CT molecular complexity index is 903. The molecule has 0 saturated carbocycles. The lowest BCUT2D eigenvalue weighted by atomic mass is 10.3. The third kappa shape index (κ3) is 4.83. The highest BCUT2D eigenvalue weighted by atomic mass is 79.9. The molecule has 1 N–H and O–H groups in total. The van der Waals surface area contributed by atoms with Gasteiger partial charge in [0.15, 0.2) is 6.61 Å². The summed E-state index contributed by atoms with van der Waals surface area (Å²) in [6, 6.07) is 19.3. The minimum absolute atomic E-state index is 0.0942. The number of para-hydroxylation sites is 1. The van der Waals surface area contributed by atoms with E-state index in [9.17, 15) is 4.79 Å². The molecule has 6 heteroatoms. The molecular formula is C20H18BrN3O2. The average molecular weight is 412 g/mol. The van der Waals surface area contributed by atoms with Gasteiger partial charge < -0.3 is 9.30 Å². The lowest BCUT2D eigenvalue weighted by Gasteiger charge is -2.04. The summed E-state index contributed by atoms with van der Waals surface area (Å²) in [5, 5.41) is 3.99. The number of rotatable bonds is 6. The van der Waals surface area contributed by atoms with Crippen molar-refractivity contribution >= 4 is 28.1 Å². The van der Waals surface area contributed by atoms with Gasteiger partial charge in [-0.3, -0.25) is 4.79 Å². The zero-order valence-electron chi connectivity index (χ0n) is 14.2. The molecule has 0 aliphatic heterocycles. The van der Waals surface area contributed by atoms with Crippen LogP contribution in [0.2, 0.25) is 0 Å². The molecule has 1 aromatic heterocycles. The van der Waals surface area contributed by atoms with Crippen molar-refractivity contribution in [1.82, 2.24) is 9.99 Å². The van der Waals surface area contributed by atoms with E-state index < -0.39 is 0 Å².